The first-order chi connectivity index (χ1) is 8.99. The fraction of sp³-hybridized carbons (Fsp3) is 0.500. The number of halogens is 3. The zero-order valence-corrected chi connectivity index (χ0v) is 13.7. The van der Waals surface area contributed by atoms with Gasteiger partial charge in [0.2, 0.25) is 0 Å². The Hall–Kier alpha value is -0.360. The summed E-state index contributed by atoms with van der Waals surface area (Å²) in [4.78, 5) is 4.60. The minimum Gasteiger partial charge on any atom is -0.324 e. The van der Waals surface area contributed by atoms with Gasteiger partial charge < -0.3 is 4.57 Å². The first kappa shape index (κ1) is 13.6. The van der Waals surface area contributed by atoms with Gasteiger partial charge in [-0.3, -0.25) is 0 Å². The summed E-state index contributed by atoms with van der Waals surface area (Å²) in [6.07, 6.45) is 2.48. The molecule has 1 aliphatic rings. The number of alkyl halides is 1. The summed E-state index contributed by atoms with van der Waals surface area (Å²) in [6, 6.07) is 3.72. The summed E-state index contributed by atoms with van der Waals surface area (Å²) in [6.45, 7) is 4.09. The lowest BCUT2D eigenvalue weighted by molar-refractivity contribution is 0.479. The Balaban J connectivity index is 2.25. The van der Waals surface area contributed by atoms with Gasteiger partial charge in [0.15, 0.2) is 0 Å². The van der Waals surface area contributed by atoms with Crippen molar-refractivity contribution in [3.05, 3.63) is 27.3 Å². The highest BCUT2D eigenvalue weighted by molar-refractivity contribution is 14.1. The Morgan fingerprint density at radius 3 is 2.68 bits per heavy atom. The van der Waals surface area contributed by atoms with Crippen molar-refractivity contribution >= 4 is 45.2 Å². The van der Waals surface area contributed by atoms with E-state index in [4.69, 9.17) is 11.6 Å². The van der Waals surface area contributed by atoms with Crippen molar-refractivity contribution in [3.63, 3.8) is 0 Å². The molecule has 1 aliphatic carbocycles. The van der Waals surface area contributed by atoms with Crippen LogP contribution in [0.25, 0.3) is 11.0 Å². The molecule has 5 heteroatoms. The molecule has 3 rings (SSSR count). The van der Waals surface area contributed by atoms with Crippen LogP contribution in [0.4, 0.5) is 4.39 Å². The molecule has 19 heavy (non-hydrogen) atoms. The number of benzene rings is 1. The van der Waals surface area contributed by atoms with Crippen molar-refractivity contribution in [1.29, 1.82) is 0 Å². The topological polar surface area (TPSA) is 17.8 Å². The number of imidazole rings is 1. The van der Waals surface area contributed by atoms with Crippen molar-refractivity contribution in [2.24, 2.45) is 5.92 Å². The Bertz CT molecular complexity index is 634. The van der Waals surface area contributed by atoms with E-state index in [1.165, 1.54) is 12.8 Å². The van der Waals surface area contributed by atoms with Crippen molar-refractivity contribution in [2.45, 2.75) is 38.1 Å². The van der Waals surface area contributed by atoms with Gasteiger partial charge in [-0.05, 0) is 61.3 Å². The van der Waals surface area contributed by atoms with Crippen LogP contribution in [-0.4, -0.2) is 9.55 Å². The molecule has 2 nitrogen and oxygen atoms in total. The van der Waals surface area contributed by atoms with Gasteiger partial charge in [0.25, 0.3) is 0 Å². The molecule has 0 amide bonds. The second-order valence-corrected chi connectivity index (χ2v) is 7.11. The molecule has 1 aromatic carbocycles. The molecule has 0 saturated heterocycles. The molecule has 102 valence electrons. The van der Waals surface area contributed by atoms with E-state index in [2.05, 4.69) is 16.5 Å². The second-order valence-electron chi connectivity index (χ2n) is 5.29. The summed E-state index contributed by atoms with van der Waals surface area (Å²) in [5, 5.41) is -0.172. The average molecular weight is 393 g/mol. The van der Waals surface area contributed by atoms with Crippen molar-refractivity contribution < 1.29 is 4.39 Å². The minimum atomic E-state index is -0.189. The molecular weight excluding hydrogens is 378 g/mol. The molecule has 0 aliphatic heterocycles. The van der Waals surface area contributed by atoms with Crippen molar-refractivity contribution in [1.82, 2.24) is 9.55 Å². The Kier molecular flexibility index (Phi) is 3.50. The van der Waals surface area contributed by atoms with Crippen LogP contribution >= 0.6 is 34.2 Å². The minimum absolute atomic E-state index is 0.172. The van der Waals surface area contributed by atoms with Gasteiger partial charge in [0.1, 0.15) is 11.6 Å². The van der Waals surface area contributed by atoms with Gasteiger partial charge in [-0.25, -0.2) is 9.37 Å². The smallest absolute Gasteiger partial charge is 0.138 e. The lowest BCUT2D eigenvalue weighted by Crippen LogP contribution is -2.11. The third kappa shape index (κ3) is 2.37. The summed E-state index contributed by atoms with van der Waals surface area (Å²) < 4.78 is 16.6. The highest BCUT2D eigenvalue weighted by atomic mass is 127. The maximum absolute atomic E-state index is 13.8. The zero-order valence-electron chi connectivity index (χ0n) is 10.8. The number of aromatic nitrogens is 2. The molecular formula is C14H15ClFIN2. The van der Waals surface area contributed by atoms with E-state index in [9.17, 15) is 4.39 Å². The van der Waals surface area contributed by atoms with Crippen LogP contribution < -0.4 is 0 Å². The van der Waals surface area contributed by atoms with E-state index >= 15 is 0 Å². The molecule has 2 aromatic rings. The fourth-order valence-corrected chi connectivity index (χ4v) is 3.21. The first-order valence-corrected chi connectivity index (χ1v) is 8.01. The molecule has 0 radical (unpaired) electrons. The van der Waals surface area contributed by atoms with Crippen LogP contribution in [0.3, 0.4) is 0 Å². The number of fused-ring (bicyclic) bond motifs is 1. The molecule has 1 heterocycles. The Morgan fingerprint density at radius 1 is 1.42 bits per heavy atom. The van der Waals surface area contributed by atoms with Gasteiger partial charge in [-0.1, -0.05) is 0 Å². The van der Waals surface area contributed by atoms with Gasteiger partial charge in [-0.15, -0.1) is 11.6 Å². The lowest BCUT2D eigenvalue weighted by atomic mass is 10.2. The second kappa shape index (κ2) is 4.88. The van der Waals surface area contributed by atoms with Crippen LogP contribution in [0.2, 0.25) is 0 Å². The molecule has 0 N–H and O–H groups in total. The normalized spacial score (nSPS) is 18.8. The van der Waals surface area contributed by atoms with Gasteiger partial charge >= 0.3 is 0 Å². The maximum atomic E-state index is 13.8. The number of nitrogens with zero attached hydrogens (tertiary/aromatic N) is 2. The highest BCUT2D eigenvalue weighted by Crippen LogP contribution is 2.42. The molecule has 1 saturated carbocycles. The quantitative estimate of drug-likeness (QED) is 0.528. The molecule has 0 spiro atoms. The third-order valence-electron chi connectivity index (χ3n) is 3.83. The van der Waals surface area contributed by atoms with Gasteiger partial charge in [0, 0.05) is 12.1 Å². The average Bonchev–Trinajstić information content (AvgIpc) is 3.12. The van der Waals surface area contributed by atoms with E-state index in [0.717, 1.165) is 16.9 Å². The van der Waals surface area contributed by atoms with E-state index in [1.807, 2.05) is 29.5 Å². The number of rotatable bonds is 3. The van der Waals surface area contributed by atoms with Crippen LogP contribution in [0.15, 0.2) is 12.1 Å². The lowest BCUT2D eigenvalue weighted by Gasteiger charge is -2.18. The zero-order chi connectivity index (χ0) is 13.7. The largest absolute Gasteiger partial charge is 0.324 e. The fourth-order valence-electron chi connectivity index (χ4n) is 2.61. The van der Waals surface area contributed by atoms with Crippen LogP contribution in [0, 0.1) is 15.3 Å². The summed E-state index contributed by atoms with van der Waals surface area (Å²) in [5.74, 6) is 1.33. The molecule has 0 bridgehead atoms. The summed E-state index contributed by atoms with van der Waals surface area (Å²) >= 11 is 8.25. The predicted octanol–water partition coefficient (Wildman–Crippen LogP) is 5.05. The van der Waals surface area contributed by atoms with E-state index in [0.29, 0.717) is 15.5 Å². The molecule has 1 aromatic heterocycles. The molecule has 2 atom stereocenters. The first-order valence-electron chi connectivity index (χ1n) is 6.50. The van der Waals surface area contributed by atoms with E-state index in [-0.39, 0.29) is 11.2 Å². The van der Waals surface area contributed by atoms with Gasteiger partial charge in [-0.2, -0.15) is 0 Å². The Labute approximate surface area is 130 Å². The Morgan fingerprint density at radius 2 is 2.11 bits per heavy atom. The van der Waals surface area contributed by atoms with Crippen LogP contribution in [0.5, 0.6) is 0 Å². The predicted molar refractivity (Wildman–Crippen MR) is 84.1 cm³/mol. The number of hydrogen-bond acceptors (Lipinski definition) is 1. The maximum Gasteiger partial charge on any atom is 0.138 e. The van der Waals surface area contributed by atoms with Crippen LogP contribution in [-0.2, 0) is 0 Å². The van der Waals surface area contributed by atoms with E-state index < -0.39 is 0 Å². The monoisotopic (exact) mass is 392 g/mol. The van der Waals surface area contributed by atoms with Crippen molar-refractivity contribution in [3.8, 4) is 0 Å². The van der Waals surface area contributed by atoms with Crippen LogP contribution in [0.1, 0.15) is 43.9 Å². The summed E-state index contributed by atoms with van der Waals surface area (Å²) in [7, 11) is 0. The summed E-state index contributed by atoms with van der Waals surface area (Å²) in [5.41, 5.74) is 1.70. The SMILES string of the molecule is CC(Cl)c1nc2cc(I)c(F)cc2n1C(C)C1CC1. The molecule has 2 unspecified atom stereocenters. The highest BCUT2D eigenvalue weighted by Gasteiger charge is 2.32. The third-order valence-corrected chi connectivity index (χ3v) is 4.85. The van der Waals surface area contributed by atoms with Gasteiger partial charge in [0.05, 0.1) is 20.0 Å². The van der Waals surface area contributed by atoms with E-state index in [1.54, 1.807) is 12.1 Å². The standard InChI is InChI=1S/C14H15ClFIN2/c1-7(15)14-18-12-6-11(17)10(16)5-13(12)19(14)8(2)9-3-4-9/h5-9H,3-4H2,1-2H3. The molecule has 1 fully saturated rings. The van der Waals surface area contributed by atoms with Crippen molar-refractivity contribution in [2.75, 3.05) is 0 Å². The number of hydrogen-bond donors (Lipinski definition) is 0.